The van der Waals surface area contributed by atoms with Gasteiger partial charge in [-0.1, -0.05) is 19.1 Å². The number of nitrogens with two attached hydrogens (primary N) is 1. The summed E-state index contributed by atoms with van der Waals surface area (Å²) in [6.07, 6.45) is 0.345. The van der Waals surface area contributed by atoms with Gasteiger partial charge >= 0.3 is 6.09 Å². The van der Waals surface area contributed by atoms with Crippen molar-refractivity contribution in [1.29, 1.82) is 0 Å². The van der Waals surface area contributed by atoms with Crippen molar-refractivity contribution in [3.63, 3.8) is 0 Å². The van der Waals surface area contributed by atoms with Crippen LogP contribution in [0, 0.1) is 5.92 Å². The summed E-state index contributed by atoms with van der Waals surface area (Å²) in [4.78, 5) is 13.9. The molecule has 2 rings (SSSR count). The van der Waals surface area contributed by atoms with Crippen LogP contribution in [0.4, 0.5) is 4.79 Å². The van der Waals surface area contributed by atoms with Gasteiger partial charge in [0.2, 0.25) is 0 Å². The van der Waals surface area contributed by atoms with Crippen LogP contribution in [0.5, 0.6) is 11.5 Å². The molecule has 0 spiro atoms. The quantitative estimate of drug-likeness (QED) is 0.529. The fourth-order valence-corrected chi connectivity index (χ4v) is 2.94. The van der Waals surface area contributed by atoms with E-state index in [9.17, 15) is 4.79 Å². The molecule has 1 fully saturated rings. The molecule has 0 aliphatic carbocycles. The van der Waals surface area contributed by atoms with Crippen molar-refractivity contribution in [3.05, 3.63) is 24.3 Å². The van der Waals surface area contributed by atoms with Crippen molar-refractivity contribution in [3.8, 4) is 11.5 Å². The van der Waals surface area contributed by atoms with Crippen molar-refractivity contribution in [2.45, 2.75) is 26.4 Å². The Morgan fingerprint density at radius 3 is 2.76 bits per heavy atom. The molecule has 8 heteroatoms. The van der Waals surface area contributed by atoms with Crippen molar-refractivity contribution < 1.29 is 28.5 Å². The second kappa shape index (κ2) is 13.2. The lowest BCUT2D eigenvalue weighted by atomic mass is 10.1. The number of rotatable bonds is 12. The van der Waals surface area contributed by atoms with E-state index in [1.54, 1.807) is 4.90 Å². The van der Waals surface area contributed by atoms with E-state index in [2.05, 4.69) is 6.92 Å². The molecular formula is C21H34N2O6. The number of benzene rings is 1. The number of hydrogen-bond acceptors (Lipinski definition) is 7. The number of amides is 1. The molecule has 1 aromatic carbocycles. The number of ether oxygens (including phenoxy) is 5. The first kappa shape index (κ1) is 23.3. The maximum Gasteiger partial charge on any atom is 0.410 e. The van der Waals surface area contributed by atoms with E-state index in [1.165, 1.54) is 0 Å². The lowest BCUT2D eigenvalue weighted by molar-refractivity contribution is -0.0477. The minimum atomic E-state index is -0.355. The minimum Gasteiger partial charge on any atom is -0.490 e. The second-order valence-corrected chi connectivity index (χ2v) is 7.00. The van der Waals surface area contributed by atoms with Gasteiger partial charge in [-0.3, -0.25) is 0 Å². The summed E-state index contributed by atoms with van der Waals surface area (Å²) in [5.41, 5.74) is 5.51. The molecule has 2 atom stereocenters. The zero-order valence-electron chi connectivity index (χ0n) is 17.5. The van der Waals surface area contributed by atoms with Crippen LogP contribution in [0.15, 0.2) is 24.3 Å². The Bertz CT molecular complexity index is 600. The van der Waals surface area contributed by atoms with Gasteiger partial charge in [0.05, 0.1) is 26.4 Å². The van der Waals surface area contributed by atoms with Crippen LogP contribution in [-0.4, -0.2) is 76.4 Å². The zero-order valence-corrected chi connectivity index (χ0v) is 17.5. The number of morpholine rings is 1. The van der Waals surface area contributed by atoms with Crippen LogP contribution in [0.1, 0.15) is 20.3 Å². The first-order valence-electron chi connectivity index (χ1n) is 10.3. The Morgan fingerprint density at radius 2 is 2.03 bits per heavy atom. The monoisotopic (exact) mass is 410 g/mol. The predicted octanol–water partition coefficient (Wildman–Crippen LogP) is 2.30. The van der Waals surface area contributed by atoms with Crippen LogP contribution < -0.4 is 15.2 Å². The highest BCUT2D eigenvalue weighted by molar-refractivity contribution is 5.67. The summed E-state index contributed by atoms with van der Waals surface area (Å²) >= 11 is 0. The van der Waals surface area contributed by atoms with Crippen LogP contribution >= 0.6 is 0 Å². The molecule has 1 aromatic rings. The fourth-order valence-electron chi connectivity index (χ4n) is 2.94. The van der Waals surface area contributed by atoms with Gasteiger partial charge in [0, 0.05) is 13.2 Å². The van der Waals surface area contributed by atoms with Crippen molar-refractivity contribution >= 4 is 6.09 Å². The third kappa shape index (κ3) is 8.47. The molecule has 8 nitrogen and oxygen atoms in total. The summed E-state index contributed by atoms with van der Waals surface area (Å²) in [5.74, 6) is 1.77. The van der Waals surface area contributed by atoms with Crippen LogP contribution in [-0.2, 0) is 14.2 Å². The summed E-state index contributed by atoms with van der Waals surface area (Å²) in [6, 6.07) is 7.51. The molecule has 0 saturated carbocycles. The molecule has 1 amide bonds. The van der Waals surface area contributed by atoms with Crippen LogP contribution in [0.25, 0.3) is 0 Å². The Balaban J connectivity index is 1.68. The zero-order chi connectivity index (χ0) is 20.9. The summed E-state index contributed by atoms with van der Waals surface area (Å²) in [7, 11) is 0. The third-order valence-electron chi connectivity index (χ3n) is 4.49. The minimum absolute atomic E-state index is 0.223. The largest absolute Gasteiger partial charge is 0.490 e. The van der Waals surface area contributed by atoms with Gasteiger partial charge in [0.15, 0.2) is 11.5 Å². The first-order valence-corrected chi connectivity index (χ1v) is 10.3. The summed E-state index contributed by atoms with van der Waals surface area (Å²) in [5, 5.41) is 0. The third-order valence-corrected chi connectivity index (χ3v) is 4.49. The molecule has 1 heterocycles. The van der Waals surface area contributed by atoms with E-state index in [0.717, 1.165) is 6.42 Å². The van der Waals surface area contributed by atoms with E-state index < -0.39 is 0 Å². The van der Waals surface area contributed by atoms with E-state index >= 15 is 0 Å². The van der Waals surface area contributed by atoms with Crippen molar-refractivity contribution in [2.75, 3.05) is 59.3 Å². The van der Waals surface area contributed by atoms with Gasteiger partial charge in [-0.25, -0.2) is 4.79 Å². The molecule has 0 aromatic heterocycles. The molecule has 2 N–H and O–H groups in total. The Kier molecular flexibility index (Phi) is 10.6. The molecule has 1 unspecified atom stereocenters. The highest BCUT2D eigenvalue weighted by atomic mass is 16.6. The smallest absolute Gasteiger partial charge is 0.410 e. The Hall–Kier alpha value is -2.03. The van der Waals surface area contributed by atoms with Gasteiger partial charge in [0.25, 0.3) is 0 Å². The summed E-state index contributed by atoms with van der Waals surface area (Å²) in [6.45, 7) is 8.16. The molecule has 164 valence electrons. The van der Waals surface area contributed by atoms with Crippen LogP contribution in [0.3, 0.4) is 0 Å². The van der Waals surface area contributed by atoms with Crippen molar-refractivity contribution in [1.82, 2.24) is 4.90 Å². The summed E-state index contributed by atoms with van der Waals surface area (Å²) < 4.78 is 28.0. The SMILES string of the molecule is CCOc1ccccc1OCC1CN(C(=O)OCCOC[C@@H](C)CCN)CCO1. The van der Waals surface area contributed by atoms with Gasteiger partial charge < -0.3 is 34.3 Å². The molecule has 1 aliphatic rings. The highest BCUT2D eigenvalue weighted by Gasteiger charge is 2.26. The topological polar surface area (TPSA) is 92.5 Å². The average molecular weight is 411 g/mol. The molecule has 0 bridgehead atoms. The lowest BCUT2D eigenvalue weighted by Crippen LogP contribution is -2.48. The maximum absolute atomic E-state index is 12.3. The van der Waals surface area contributed by atoms with E-state index in [1.807, 2.05) is 31.2 Å². The average Bonchev–Trinajstić information content (AvgIpc) is 2.73. The lowest BCUT2D eigenvalue weighted by Gasteiger charge is -2.32. The molecule has 29 heavy (non-hydrogen) atoms. The molecule has 1 saturated heterocycles. The van der Waals surface area contributed by atoms with Gasteiger partial charge in [0.1, 0.15) is 19.3 Å². The maximum atomic E-state index is 12.3. The first-order chi connectivity index (χ1) is 14.1. The predicted molar refractivity (Wildman–Crippen MR) is 109 cm³/mol. The number of carbonyl (C=O) groups excluding carboxylic acids is 1. The van der Waals surface area contributed by atoms with E-state index in [0.29, 0.717) is 70.1 Å². The number of carbonyl (C=O) groups is 1. The standard InChI is InChI=1S/C21H34N2O6/c1-3-26-19-6-4-5-7-20(19)29-16-18-14-23(10-11-27-18)21(24)28-13-12-25-15-17(2)8-9-22/h4-7,17-18H,3,8-16,22H2,1-2H3/t17-,18?/m0/s1. The van der Waals surface area contributed by atoms with Gasteiger partial charge in [-0.15, -0.1) is 0 Å². The number of para-hydroxylation sites is 2. The fraction of sp³-hybridized carbons (Fsp3) is 0.667. The Labute approximate surface area is 173 Å². The molecular weight excluding hydrogens is 376 g/mol. The Morgan fingerprint density at radius 1 is 1.28 bits per heavy atom. The van der Waals surface area contributed by atoms with Crippen LogP contribution in [0.2, 0.25) is 0 Å². The highest BCUT2D eigenvalue weighted by Crippen LogP contribution is 2.26. The number of hydrogen-bond donors (Lipinski definition) is 1. The number of nitrogens with zero attached hydrogens (tertiary/aromatic N) is 1. The van der Waals surface area contributed by atoms with Crippen molar-refractivity contribution in [2.24, 2.45) is 11.7 Å². The second-order valence-electron chi connectivity index (χ2n) is 7.00. The van der Waals surface area contributed by atoms with E-state index in [-0.39, 0.29) is 18.8 Å². The van der Waals surface area contributed by atoms with E-state index in [4.69, 9.17) is 29.4 Å². The molecule has 0 radical (unpaired) electrons. The van der Waals surface area contributed by atoms with Gasteiger partial charge in [-0.05, 0) is 37.9 Å². The molecule has 1 aliphatic heterocycles. The van der Waals surface area contributed by atoms with Gasteiger partial charge in [-0.2, -0.15) is 0 Å². The normalized spacial score (nSPS) is 17.6.